The fourth-order valence-electron chi connectivity index (χ4n) is 2.30. The number of aromatic nitrogens is 3. The first-order valence-corrected chi connectivity index (χ1v) is 10.1. The predicted molar refractivity (Wildman–Crippen MR) is 96.3 cm³/mol. The lowest BCUT2D eigenvalue weighted by Gasteiger charge is -2.15. The summed E-state index contributed by atoms with van der Waals surface area (Å²) in [6.45, 7) is 6.86. The van der Waals surface area contributed by atoms with Crippen LogP contribution in [0.4, 0.5) is 0 Å². The molecule has 0 saturated carbocycles. The first-order chi connectivity index (χ1) is 11.9. The van der Waals surface area contributed by atoms with Gasteiger partial charge in [0, 0.05) is 11.6 Å². The van der Waals surface area contributed by atoms with Crippen molar-refractivity contribution in [3.05, 3.63) is 35.1 Å². The van der Waals surface area contributed by atoms with Gasteiger partial charge in [-0.05, 0) is 44.5 Å². The Kier molecular flexibility index (Phi) is 6.80. The zero-order valence-electron chi connectivity index (χ0n) is 14.6. The zero-order chi connectivity index (χ0) is 18.4. The van der Waals surface area contributed by atoms with Crippen molar-refractivity contribution in [2.75, 3.05) is 6.61 Å². The Labute approximate surface area is 153 Å². The van der Waals surface area contributed by atoms with E-state index in [2.05, 4.69) is 21.8 Å². The summed E-state index contributed by atoms with van der Waals surface area (Å²) in [4.78, 5) is 0.144. The largest absolute Gasteiger partial charge is 0.464 e. The van der Waals surface area contributed by atoms with Gasteiger partial charge in [-0.1, -0.05) is 30.0 Å². The van der Waals surface area contributed by atoms with Crippen LogP contribution in [0, 0.1) is 0 Å². The number of unbranched alkanes of at least 4 members (excludes halogenated alkanes) is 1. The summed E-state index contributed by atoms with van der Waals surface area (Å²) in [5.74, 6) is 0.506. The highest BCUT2D eigenvalue weighted by molar-refractivity contribution is 7.89. The fourth-order valence-corrected chi connectivity index (χ4v) is 3.63. The Hall–Kier alpha value is -1.64. The molecule has 7 nitrogen and oxygen atoms in total. The predicted octanol–water partition coefficient (Wildman–Crippen LogP) is 3.17. The van der Waals surface area contributed by atoms with Crippen LogP contribution in [0.1, 0.15) is 45.5 Å². The highest BCUT2D eigenvalue weighted by Gasteiger charge is 2.23. The third kappa shape index (κ3) is 4.93. The number of ether oxygens (including phenoxy) is 1. The van der Waals surface area contributed by atoms with Gasteiger partial charge in [0.1, 0.15) is 0 Å². The Morgan fingerprint density at radius 2 is 1.92 bits per heavy atom. The Bertz CT molecular complexity index is 790. The van der Waals surface area contributed by atoms with Crippen LogP contribution in [0.25, 0.3) is 0 Å². The number of sulfonamides is 1. The monoisotopic (exact) mass is 386 g/mol. The smallest absolute Gasteiger partial charge is 0.316 e. The number of hydrogen-bond acceptors (Lipinski definition) is 5. The summed E-state index contributed by atoms with van der Waals surface area (Å²) in [5.41, 5.74) is 0. The minimum atomic E-state index is -3.69. The maximum Gasteiger partial charge on any atom is 0.316 e. The number of rotatable bonds is 9. The summed E-state index contributed by atoms with van der Waals surface area (Å²) in [6, 6.07) is 5.84. The van der Waals surface area contributed by atoms with E-state index in [-0.39, 0.29) is 4.90 Å². The van der Waals surface area contributed by atoms with Gasteiger partial charge in [-0.25, -0.2) is 13.1 Å². The van der Waals surface area contributed by atoms with E-state index in [1.807, 2.05) is 6.92 Å². The lowest BCUT2D eigenvalue weighted by Crippen LogP contribution is -2.29. The summed E-state index contributed by atoms with van der Waals surface area (Å²) < 4.78 is 35.0. The van der Waals surface area contributed by atoms with Crippen LogP contribution in [0.15, 0.2) is 29.2 Å². The van der Waals surface area contributed by atoms with Crippen LogP contribution in [-0.2, 0) is 16.6 Å². The zero-order valence-corrected chi connectivity index (χ0v) is 16.1. The number of nitrogens with zero attached hydrogens (tertiary/aromatic N) is 3. The van der Waals surface area contributed by atoms with Crippen LogP contribution in [0.3, 0.4) is 0 Å². The van der Waals surface area contributed by atoms with Gasteiger partial charge in [-0.3, -0.25) is 4.57 Å². The molecule has 0 radical (unpaired) electrons. The molecule has 0 saturated heterocycles. The quantitative estimate of drug-likeness (QED) is 0.669. The molecule has 1 atom stereocenters. The average Bonchev–Trinajstić information content (AvgIpc) is 2.98. The molecule has 2 aromatic rings. The second kappa shape index (κ2) is 8.64. The lowest BCUT2D eigenvalue weighted by atomic mass is 10.3. The molecule has 1 heterocycles. The van der Waals surface area contributed by atoms with Crippen molar-refractivity contribution >= 4 is 21.6 Å². The molecule has 0 spiro atoms. The lowest BCUT2D eigenvalue weighted by molar-refractivity contribution is 0.270. The van der Waals surface area contributed by atoms with Crippen molar-refractivity contribution in [1.82, 2.24) is 19.5 Å². The van der Waals surface area contributed by atoms with Crippen molar-refractivity contribution < 1.29 is 13.2 Å². The molecule has 0 aliphatic heterocycles. The van der Waals surface area contributed by atoms with Gasteiger partial charge in [0.15, 0.2) is 5.82 Å². The van der Waals surface area contributed by atoms with Crippen molar-refractivity contribution in [3.63, 3.8) is 0 Å². The van der Waals surface area contributed by atoms with E-state index in [1.54, 1.807) is 11.5 Å². The van der Waals surface area contributed by atoms with Gasteiger partial charge in [0.25, 0.3) is 0 Å². The van der Waals surface area contributed by atoms with Crippen molar-refractivity contribution in [1.29, 1.82) is 0 Å². The van der Waals surface area contributed by atoms with Crippen molar-refractivity contribution in [2.45, 2.75) is 51.1 Å². The molecule has 0 aliphatic rings. The van der Waals surface area contributed by atoms with Gasteiger partial charge in [-0.2, -0.15) is 0 Å². The maximum absolute atomic E-state index is 12.5. The second-order valence-electron chi connectivity index (χ2n) is 5.58. The van der Waals surface area contributed by atoms with E-state index in [4.69, 9.17) is 16.3 Å². The number of hydrogen-bond donors (Lipinski definition) is 1. The standard InChI is InChI=1S/C16H23ClN4O3S/c1-4-6-11-24-16-19-18-15(21(16)5-2)12(3)20-25(22,23)14-9-7-13(17)8-10-14/h7-10,12,20H,4-6,11H2,1-3H3/t12-/m1/s1. The second-order valence-corrected chi connectivity index (χ2v) is 7.73. The maximum atomic E-state index is 12.5. The Balaban J connectivity index is 2.17. The normalized spacial score (nSPS) is 13.0. The molecular weight excluding hydrogens is 364 g/mol. The Morgan fingerprint density at radius 3 is 2.52 bits per heavy atom. The molecule has 0 fully saturated rings. The van der Waals surface area contributed by atoms with Gasteiger partial charge in [0.05, 0.1) is 17.5 Å². The van der Waals surface area contributed by atoms with Crippen LogP contribution in [0.5, 0.6) is 6.01 Å². The fraction of sp³-hybridized carbons (Fsp3) is 0.500. The average molecular weight is 387 g/mol. The van der Waals surface area contributed by atoms with E-state index in [0.717, 1.165) is 12.8 Å². The molecular formula is C16H23ClN4O3S. The molecule has 1 aromatic carbocycles. The number of halogens is 1. The molecule has 1 aromatic heterocycles. The molecule has 0 bridgehead atoms. The van der Waals surface area contributed by atoms with Crippen molar-refractivity contribution in [2.24, 2.45) is 0 Å². The minimum absolute atomic E-state index is 0.144. The third-order valence-electron chi connectivity index (χ3n) is 3.63. The molecule has 2 rings (SSSR count). The molecule has 138 valence electrons. The van der Waals surface area contributed by atoms with Gasteiger partial charge in [0.2, 0.25) is 10.0 Å². The van der Waals surface area contributed by atoms with E-state index in [0.29, 0.717) is 30.0 Å². The first-order valence-electron chi connectivity index (χ1n) is 8.22. The van der Waals surface area contributed by atoms with Gasteiger partial charge >= 0.3 is 6.01 Å². The van der Waals surface area contributed by atoms with E-state index in [1.165, 1.54) is 24.3 Å². The Morgan fingerprint density at radius 1 is 1.24 bits per heavy atom. The minimum Gasteiger partial charge on any atom is -0.464 e. The van der Waals surface area contributed by atoms with Gasteiger partial charge in [-0.15, -0.1) is 5.10 Å². The molecule has 0 aliphatic carbocycles. The molecule has 25 heavy (non-hydrogen) atoms. The van der Waals surface area contributed by atoms with E-state index >= 15 is 0 Å². The summed E-state index contributed by atoms with van der Waals surface area (Å²) in [5, 5.41) is 8.61. The first kappa shape index (κ1) is 19.7. The SMILES string of the molecule is CCCCOc1nnc([C@@H](C)NS(=O)(=O)c2ccc(Cl)cc2)n1CC. The van der Waals surface area contributed by atoms with Gasteiger partial charge < -0.3 is 4.74 Å². The summed E-state index contributed by atoms with van der Waals surface area (Å²) in [6.07, 6.45) is 1.94. The summed E-state index contributed by atoms with van der Waals surface area (Å²) >= 11 is 5.81. The molecule has 0 amide bonds. The third-order valence-corrected chi connectivity index (χ3v) is 5.44. The number of benzene rings is 1. The van der Waals surface area contributed by atoms with E-state index in [9.17, 15) is 8.42 Å². The van der Waals surface area contributed by atoms with Crippen LogP contribution in [-0.4, -0.2) is 29.8 Å². The molecule has 1 N–H and O–H groups in total. The topological polar surface area (TPSA) is 86.1 Å². The highest BCUT2D eigenvalue weighted by Crippen LogP contribution is 2.20. The molecule has 0 unspecified atom stereocenters. The molecule has 9 heteroatoms. The van der Waals surface area contributed by atoms with Crippen LogP contribution < -0.4 is 9.46 Å². The number of nitrogens with one attached hydrogen (secondary N) is 1. The van der Waals surface area contributed by atoms with E-state index < -0.39 is 16.1 Å². The van der Waals surface area contributed by atoms with Crippen LogP contribution in [0.2, 0.25) is 5.02 Å². The summed E-state index contributed by atoms with van der Waals surface area (Å²) in [7, 11) is -3.69. The highest BCUT2D eigenvalue weighted by atomic mass is 35.5. The van der Waals surface area contributed by atoms with Crippen LogP contribution >= 0.6 is 11.6 Å². The van der Waals surface area contributed by atoms with Crippen molar-refractivity contribution in [3.8, 4) is 6.01 Å².